The average molecular weight is 526 g/mol. The van der Waals surface area contributed by atoms with Crippen LogP contribution in [0.5, 0.6) is 5.75 Å². The van der Waals surface area contributed by atoms with Crippen LogP contribution >= 0.6 is 0 Å². The summed E-state index contributed by atoms with van der Waals surface area (Å²) in [5.41, 5.74) is 0.663. The van der Waals surface area contributed by atoms with E-state index in [9.17, 15) is 19.5 Å². The number of rotatable bonds is 11. The van der Waals surface area contributed by atoms with Gasteiger partial charge in [-0.2, -0.15) is 0 Å². The molecular weight excluding hydrogens is 482 g/mol. The van der Waals surface area contributed by atoms with Gasteiger partial charge in [-0.1, -0.05) is 69.7 Å². The molecule has 0 saturated carbocycles. The predicted molar refractivity (Wildman–Crippen MR) is 148 cm³/mol. The van der Waals surface area contributed by atoms with Gasteiger partial charge in [-0.3, -0.25) is 9.59 Å². The van der Waals surface area contributed by atoms with Crippen molar-refractivity contribution in [2.24, 2.45) is 5.92 Å². The van der Waals surface area contributed by atoms with Crippen LogP contribution in [-0.4, -0.2) is 45.6 Å². The van der Waals surface area contributed by atoms with Crippen molar-refractivity contribution in [3.05, 3.63) is 65.7 Å². The van der Waals surface area contributed by atoms with Crippen molar-refractivity contribution >= 4 is 17.9 Å². The standard InChI is InChI=1S/C30H43N3O5/c1-8-20(3)25(32-29(37)38-30(5,6)7)28(36)33(21(4)9-2)26(23-16-13-17-24(34)18-23)27(35)31-19-22-14-11-10-12-15-22/h10-18,20-21,25-26,34H,8-9,19H2,1-7H3,(H,31,35)(H,32,37). The number of carbonyl (C=O) groups excluding carboxylic acids is 3. The maximum absolute atomic E-state index is 14.2. The molecule has 0 aromatic heterocycles. The predicted octanol–water partition coefficient (Wildman–Crippen LogP) is 5.32. The molecule has 0 aliphatic carbocycles. The lowest BCUT2D eigenvalue weighted by Gasteiger charge is -2.39. The van der Waals surface area contributed by atoms with Crippen LogP contribution in [0.1, 0.15) is 78.5 Å². The van der Waals surface area contributed by atoms with Crippen LogP contribution in [-0.2, 0) is 20.9 Å². The number of phenols is 1. The van der Waals surface area contributed by atoms with Crippen molar-refractivity contribution in [1.29, 1.82) is 0 Å². The van der Waals surface area contributed by atoms with E-state index in [2.05, 4.69) is 10.6 Å². The van der Waals surface area contributed by atoms with Crippen LogP contribution in [0.15, 0.2) is 54.6 Å². The Balaban J connectivity index is 2.51. The molecule has 4 atom stereocenters. The summed E-state index contributed by atoms with van der Waals surface area (Å²) >= 11 is 0. The first-order chi connectivity index (χ1) is 17.9. The third-order valence-electron chi connectivity index (χ3n) is 6.49. The number of nitrogens with one attached hydrogen (secondary N) is 2. The Morgan fingerprint density at radius 2 is 1.63 bits per heavy atom. The first-order valence-corrected chi connectivity index (χ1v) is 13.3. The molecule has 0 fully saturated rings. The van der Waals surface area contributed by atoms with E-state index in [-0.39, 0.29) is 36.1 Å². The summed E-state index contributed by atoms with van der Waals surface area (Å²) in [6.07, 6.45) is 0.507. The molecule has 8 nitrogen and oxygen atoms in total. The molecule has 2 rings (SSSR count). The Morgan fingerprint density at radius 1 is 0.974 bits per heavy atom. The number of ether oxygens (including phenoxy) is 1. The van der Waals surface area contributed by atoms with Crippen molar-refractivity contribution in [2.75, 3.05) is 0 Å². The third-order valence-corrected chi connectivity index (χ3v) is 6.49. The third kappa shape index (κ3) is 8.78. The Bertz CT molecular complexity index is 1070. The molecule has 8 heteroatoms. The van der Waals surface area contributed by atoms with E-state index in [0.717, 1.165) is 5.56 Å². The molecule has 0 bridgehead atoms. The number of alkyl carbamates (subject to hydrolysis) is 1. The minimum atomic E-state index is -1.03. The number of hydrogen-bond donors (Lipinski definition) is 3. The summed E-state index contributed by atoms with van der Waals surface area (Å²) in [7, 11) is 0. The van der Waals surface area contributed by atoms with Gasteiger partial charge in [0.15, 0.2) is 0 Å². The van der Waals surface area contributed by atoms with E-state index >= 15 is 0 Å². The van der Waals surface area contributed by atoms with E-state index in [1.165, 1.54) is 17.0 Å². The zero-order chi connectivity index (χ0) is 28.5. The zero-order valence-electron chi connectivity index (χ0n) is 23.7. The van der Waals surface area contributed by atoms with Gasteiger partial charge in [-0.05, 0) is 63.3 Å². The molecule has 3 N–H and O–H groups in total. The molecule has 3 amide bonds. The molecule has 0 saturated heterocycles. The van der Waals surface area contributed by atoms with E-state index in [0.29, 0.717) is 18.4 Å². The first-order valence-electron chi connectivity index (χ1n) is 13.3. The molecule has 0 spiro atoms. The van der Waals surface area contributed by atoms with Crippen molar-refractivity contribution in [1.82, 2.24) is 15.5 Å². The maximum Gasteiger partial charge on any atom is 0.408 e. The number of hydrogen-bond acceptors (Lipinski definition) is 5. The minimum Gasteiger partial charge on any atom is -0.508 e. The Kier molecular flexibility index (Phi) is 11.2. The Hall–Kier alpha value is -3.55. The number of amides is 3. The van der Waals surface area contributed by atoms with Crippen LogP contribution in [0.2, 0.25) is 0 Å². The van der Waals surface area contributed by atoms with E-state index in [1.807, 2.05) is 58.0 Å². The molecular formula is C30H43N3O5. The van der Waals surface area contributed by atoms with Crippen LogP contribution < -0.4 is 10.6 Å². The summed E-state index contributed by atoms with van der Waals surface area (Å²) < 4.78 is 5.44. The summed E-state index contributed by atoms with van der Waals surface area (Å²) in [6.45, 7) is 13.2. The van der Waals surface area contributed by atoms with E-state index < -0.39 is 23.8 Å². The lowest BCUT2D eigenvalue weighted by Crippen LogP contribution is -2.57. The molecule has 0 heterocycles. The number of aromatic hydroxyl groups is 1. The number of phenolic OH excluding ortho intramolecular Hbond substituents is 1. The summed E-state index contributed by atoms with van der Waals surface area (Å²) in [6, 6.07) is 13.6. The monoisotopic (exact) mass is 525 g/mol. The first kappa shape index (κ1) is 30.7. The fourth-order valence-electron chi connectivity index (χ4n) is 4.09. The van der Waals surface area contributed by atoms with Gasteiger partial charge in [0.25, 0.3) is 0 Å². The van der Waals surface area contributed by atoms with Gasteiger partial charge in [0, 0.05) is 12.6 Å². The van der Waals surface area contributed by atoms with Crippen LogP contribution in [0.25, 0.3) is 0 Å². The second-order valence-electron chi connectivity index (χ2n) is 10.7. The quantitative estimate of drug-likeness (QED) is 0.368. The highest BCUT2D eigenvalue weighted by Gasteiger charge is 2.40. The number of benzene rings is 2. The summed E-state index contributed by atoms with van der Waals surface area (Å²) in [4.78, 5) is 42.3. The van der Waals surface area contributed by atoms with Gasteiger partial charge in [0.05, 0.1) is 0 Å². The Labute approximate surface area is 226 Å². The highest BCUT2D eigenvalue weighted by molar-refractivity contribution is 5.92. The van der Waals surface area contributed by atoms with Crippen LogP contribution in [0.4, 0.5) is 4.79 Å². The van der Waals surface area contributed by atoms with E-state index in [1.54, 1.807) is 32.9 Å². The van der Waals surface area contributed by atoms with Gasteiger partial charge >= 0.3 is 6.09 Å². The SMILES string of the molecule is CCC(C)C(NC(=O)OC(C)(C)C)C(=O)N(C(C)CC)C(C(=O)NCc1ccccc1)c1cccc(O)c1. The molecule has 0 aliphatic heterocycles. The average Bonchev–Trinajstić information content (AvgIpc) is 2.87. The largest absolute Gasteiger partial charge is 0.508 e. The molecule has 2 aromatic carbocycles. The fourth-order valence-corrected chi connectivity index (χ4v) is 4.09. The Morgan fingerprint density at radius 3 is 2.18 bits per heavy atom. The van der Waals surface area contributed by atoms with Crippen molar-refractivity contribution < 1.29 is 24.2 Å². The number of carbonyl (C=O) groups is 3. The molecule has 0 radical (unpaired) electrons. The van der Waals surface area contributed by atoms with Gasteiger partial charge in [-0.15, -0.1) is 0 Å². The van der Waals surface area contributed by atoms with Crippen molar-refractivity contribution in [2.45, 2.75) is 91.6 Å². The second kappa shape index (κ2) is 13.8. The highest BCUT2D eigenvalue weighted by Crippen LogP contribution is 2.29. The smallest absolute Gasteiger partial charge is 0.408 e. The fraction of sp³-hybridized carbons (Fsp3) is 0.500. The second-order valence-corrected chi connectivity index (χ2v) is 10.7. The van der Waals surface area contributed by atoms with E-state index in [4.69, 9.17) is 4.74 Å². The van der Waals surface area contributed by atoms with Gasteiger partial charge < -0.3 is 25.4 Å². The normalized spacial score (nSPS) is 14.5. The zero-order valence-corrected chi connectivity index (χ0v) is 23.7. The maximum atomic E-state index is 14.2. The van der Waals surface area contributed by atoms with Crippen molar-refractivity contribution in [3.8, 4) is 5.75 Å². The molecule has 0 aliphatic rings. The van der Waals surface area contributed by atoms with Gasteiger partial charge in [-0.25, -0.2) is 4.79 Å². The molecule has 38 heavy (non-hydrogen) atoms. The topological polar surface area (TPSA) is 108 Å². The van der Waals surface area contributed by atoms with Crippen molar-refractivity contribution in [3.63, 3.8) is 0 Å². The molecule has 2 aromatic rings. The lowest BCUT2D eigenvalue weighted by molar-refractivity contribution is -0.146. The number of nitrogens with zero attached hydrogens (tertiary/aromatic N) is 1. The lowest BCUT2D eigenvalue weighted by atomic mass is 9.94. The summed E-state index contributed by atoms with van der Waals surface area (Å²) in [5, 5.41) is 15.9. The minimum absolute atomic E-state index is 0.00901. The molecule has 208 valence electrons. The highest BCUT2D eigenvalue weighted by atomic mass is 16.6. The summed E-state index contributed by atoms with van der Waals surface area (Å²) in [5.74, 6) is -1.000. The van der Waals surface area contributed by atoms with Gasteiger partial charge in [0.1, 0.15) is 23.4 Å². The van der Waals surface area contributed by atoms with Crippen LogP contribution in [0, 0.1) is 5.92 Å². The van der Waals surface area contributed by atoms with Crippen LogP contribution in [0.3, 0.4) is 0 Å². The molecule has 4 unspecified atom stereocenters. The van der Waals surface area contributed by atoms with Gasteiger partial charge in [0.2, 0.25) is 11.8 Å².